The first-order chi connectivity index (χ1) is 9.13. The summed E-state index contributed by atoms with van der Waals surface area (Å²) in [5, 5.41) is 8.98. The Kier molecular flexibility index (Phi) is 3.76. The Morgan fingerprint density at radius 1 is 1.42 bits per heavy atom. The molecule has 1 aromatic heterocycles. The van der Waals surface area contributed by atoms with Gasteiger partial charge in [-0.25, -0.2) is 4.39 Å². The molecule has 0 aliphatic carbocycles. The maximum absolute atomic E-state index is 13.2. The number of hydrogen-bond acceptors (Lipinski definition) is 2. The molecule has 0 spiro atoms. The van der Waals surface area contributed by atoms with Crippen molar-refractivity contribution in [3.63, 3.8) is 0 Å². The largest absolute Gasteiger partial charge is 0.349 e. The highest BCUT2D eigenvalue weighted by molar-refractivity contribution is 5.95. The Balaban J connectivity index is 2.27. The van der Waals surface area contributed by atoms with Crippen molar-refractivity contribution in [3.05, 3.63) is 59.2 Å². The second-order valence-electron chi connectivity index (χ2n) is 4.26. The van der Waals surface area contributed by atoms with Gasteiger partial charge in [0.15, 0.2) is 5.78 Å². The first-order valence-electron chi connectivity index (χ1n) is 6.01. The van der Waals surface area contributed by atoms with Crippen molar-refractivity contribution in [2.75, 3.05) is 0 Å². The minimum Gasteiger partial charge on any atom is -0.349 e. The number of ketones is 1. The van der Waals surface area contributed by atoms with Crippen molar-refractivity contribution < 1.29 is 9.18 Å². The van der Waals surface area contributed by atoms with Crippen molar-refractivity contribution in [1.29, 1.82) is 5.26 Å². The highest BCUT2D eigenvalue weighted by Gasteiger charge is 2.08. The lowest BCUT2D eigenvalue weighted by Gasteiger charge is -2.05. The van der Waals surface area contributed by atoms with Gasteiger partial charge in [-0.15, -0.1) is 0 Å². The molecule has 19 heavy (non-hydrogen) atoms. The van der Waals surface area contributed by atoms with Crippen LogP contribution in [0, 0.1) is 17.1 Å². The summed E-state index contributed by atoms with van der Waals surface area (Å²) in [6.45, 7) is 2.18. The molecule has 0 aliphatic rings. The van der Waals surface area contributed by atoms with Crippen molar-refractivity contribution in [2.45, 2.75) is 19.9 Å². The molecule has 0 N–H and O–H groups in total. The second kappa shape index (κ2) is 5.49. The van der Waals surface area contributed by atoms with Crippen molar-refractivity contribution in [2.24, 2.45) is 0 Å². The molecule has 1 heterocycles. The number of hydrogen-bond donors (Lipinski definition) is 0. The average molecular weight is 256 g/mol. The van der Waals surface area contributed by atoms with Crippen LogP contribution in [-0.4, -0.2) is 10.4 Å². The number of carbonyl (C=O) groups excluding carboxylic acids is 1. The lowest BCUT2D eigenvalue weighted by molar-refractivity contribution is 0.0988. The third-order valence-electron chi connectivity index (χ3n) is 2.93. The zero-order valence-electron chi connectivity index (χ0n) is 10.6. The van der Waals surface area contributed by atoms with E-state index in [1.807, 2.05) is 6.07 Å². The summed E-state index contributed by atoms with van der Waals surface area (Å²) < 4.78 is 15.0. The van der Waals surface area contributed by atoms with Crippen LogP contribution in [0.4, 0.5) is 4.39 Å². The van der Waals surface area contributed by atoms with Crippen LogP contribution in [-0.2, 0) is 6.54 Å². The third-order valence-corrected chi connectivity index (χ3v) is 2.93. The molecule has 0 radical (unpaired) electrons. The molecule has 2 rings (SSSR count). The smallest absolute Gasteiger partial charge is 0.164 e. The zero-order valence-corrected chi connectivity index (χ0v) is 10.6. The van der Waals surface area contributed by atoms with Gasteiger partial charge in [0.1, 0.15) is 5.82 Å². The molecule has 0 saturated carbocycles. The Hall–Kier alpha value is -2.41. The SMILES string of the molecule is CCC(=O)c1ccn(Cc2cc(F)ccc2C#N)c1. The van der Waals surface area contributed by atoms with E-state index in [4.69, 9.17) is 5.26 Å². The third kappa shape index (κ3) is 2.89. The normalized spacial score (nSPS) is 10.2. The van der Waals surface area contributed by atoms with Gasteiger partial charge in [-0.1, -0.05) is 6.92 Å². The molecular formula is C15H13FN2O. The fourth-order valence-corrected chi connectivity index (χ4v) is 1.91. The minimum absolute atomic E-state index is 0.0681. The predicted molar refractivity (Wildman–Crippen MR) is 69.3 cm³/mol. The highest BCUT2D eigenvalue weighted by Crippen LogP contribution is 2.14. The lowest BCUT2D eigenvalue weighted by atomic mass is 10.1. The second-order valence-corrected chi connectivity index (χ2v) is 4.26. The predicted octanol–water partition coefficient (Wildman–Crippen LogP) is 3.14. The van der Waals surface area contributed by atoms with E-state index < -0.39 is 0 Å². The van der Waals surface area contributed by atoms with Gasteiger partial charge in [0, 0.05) is 30.9 Å². The van der Waals surface area contributed by atoms with Gasteiger partial charge in [0.05, 0.1) is 11.6 Å². The van der Waals surface area contributed by atoms with E-state index in [-0.39, 0.29) is 11.6 Å². The fourth-order valence-electron chi connectivity index (χ4n) is 1.91. The maximum Gasteiger partial charge on any atom is 0.164 e. The van der Waals surface area contributed by atoms with Crippen molar-refractivity contribution in [3.8, 4) is 6.07 Å². The molecule has 4 heteroatoms. The Bertz CT molecular complexity index is 652. The van der Waals surface area contributed by atoms with Gasteiger partial charge in [-0.2, -0.15) is 5.26 Å². The molecule has 1 aromatic carbocycles. The molecule has 0 bridgehead atoms. The van der Waals surface area contributed by atoms with E-state index in [0.29, 0.717) is 29.7 Å². The Labute approximate surface area is 110 Å². The number of Topliss-reactive ketones (excluding diaryl/α,β-unsaturated/α-hetero) is 1. The number of carbonyl (C=O) groups is 1. The van der Waals surface area contributed by atoms with Crippen molar-refractivity contribution >= 4 is 5.78 Å². The standard InChI is InChI=1S/C15H13FN2O/c1-2-15(19)12-5-6-18(9-12)10-13-7-14(16)4-3-11(13)8-17/h3-7,9H,2,10H2,1H3. The quantitative estimate of drug-likeness (QED) is 0.789. The van der Waals surface area contributed by atoms with Crippen LogP contribution in [0.1, 0.15) is 34.8 Å². The number of nitrogens with zero attached hydrogens (tertiary/aromatic N) is 2. The Morgan fingerprint density at radius 2 is 2.21 bits per heavy atom. The summed E-state index contributed by atoms with van der Waals surface area (Å²) in [5.74, 6) is -0.301. The first-order valence-corrected chi connectivity index (χ1v) is 6.01. The molecule has 96 valence electrons. The fraction of sp³-hybridized carbons (Fsp3) is 0.200. The van der Waals surface area contributed by atoms with E-state index in [9.17, 15) is 9.18 Å². The highest BCUT2D eigenvalue weighted by atomic mass is 19.1. The molecule has 0 unspecified atom stereocenters. The molecular weight excluding hydrogens is 243 g/mol. The molecule has 0 fully saturated rings. The average Bonchev–Trinajstić information content (AvgIpc) is 2.86. The van der Waals surface area contributed by atoms with E-state index >= 15 is 0 Å². The van der Waals surface area contributed by atoms with Crippen molar-refractivity contribution in [1.82, 2.24) is 4.57 Å². The van der Waals surface area contributed by atoms with Gasteiger partial charge in [-0.05, 0) is 29.8 Å². The summed E-state index contributed by atoms with van der Waals surface area (Å²) in [6.07, 6.45) is 3.93. The number of aromatic nitrogens is 1. The summed E-state index contributed by atoms with van der Waals surface area (Å²) in [5.41, 5.74) is 1.68. The van der Waals surface area contributed by atoms with E-state index in [2.05, 4.69) is 0 Å². The van der Waals surface area contributed by atoms with Crippen LogP contribution < -0.4 is 0 Å². The van der Waals surface area contributed by atoms with Gasteiger partial charge in [0.25, 0.3) is 0 Å². The van der Waals surface area contributed by atoms with E-state index in [1.54, 1.807) is 30.0 Å². The lowest BCUT2D eigenvalue weighted by Crippen LogP contribution is -2.01. The Morgan fingerprint density at radius 3 is 2.89 bits per heavy atom. The number of rotatable bonds is 4. The summed E-state index contributed by atoms with van der Waals surface area (Å²) >= 11 is 0. The van der Waals surface area contributed by atoms with Gasteiger partial charge in [0.2, 0.25) is 0 Å². The van der Waals surface area contributed by atoms with Crippen LogP contribution >= 0.6 is 0 Å². The van der Waals surface area contributed by atoms with Gasteiger partial charge >= 0.3 is 0 Å². The van der Waals surface area contributed by atoms with E-state index in [1.165, 1.54) is 18.2 Å². The first kappa shape index (κ1) is 13.0. The van der Waals surface area contributed by atoms with Crippen LogP contribution in [0.2, 0.25) is 0 Å². The number of nitriles is 1. The van der Waals surface area contributed by atoms with Crippen LogP contribution in [0.25, 0.3) is 0 Å². The van der Waals surface area contributed by atoms with E-state index in [0.717, 1.165) is 0 Å². The summed E-state index contributed by atoms with van der Waals surface area (Å²) in [6, 6.07) is 7.85. The molecule has 2 aromatic rings. The number of halogens is 1. The molecule has 3 nitrogen and oxygen atoms in total. The molecule has 0 saturated heterocycles. The summed E-state index contributed by atoms with van der Waals surface area (Å²) in [4.78, 5) is 11.5. The molecule has 0 amide bonds. The van der Waals surface area contributed by atoms with Gasteiger partial charge in [-0.3, -0.25) is 4.79 Å². The number of benzene rings is 1. The zero-order chi connectivity index (χ0) is 13.8. The van der Waals surface area contributed by atoms with Crippen LogP contribution in [0.3, 0.4) is 0 Å². The topological polar surface area (TPSA) is 45.8 Å². The summed E-state index contributed by atoms with van der Waals surface area (Å²) in [7, 11) is 0. The molecule has 0 aliphatic heterocycles. The van der Waals surface area contributed by atoms with Crippen LogP contribution in [0.5, 0.6) is 0 Å². The molecule has 0 atom stereocenters. The minimum atomic E-state index is -0.369. The van der Waals surface area contributed by atoms with Gasteiger partial charge < -0.3 is 4.57 Å². The maximum atomic E-state index is 13.2. The monoisotopic (exact) mass is 256 g/mol. The van der Waals surface area contributed by atoms with Crippen LogP contribution in [0.15, 0.2) is 36.7 Å².